The van der Waals surface area contributed by atoms with Gasteiger partial charge in [0.15, 0.2) is 12.8 Å². The van der Waals surface area contributed by atoms with Crippen molar-refractivity contribution in [2.24, 2.45) is 5.41 Å². The van der Waals surface area contributed by atoms with Gasteiger partial charge in [-0.3, -0.25) is 0 Å². The van der Waals surface area contributed by atoms with Crippen molar-refractivity contribution in [3.8, 4) is 0 Å². The van der Waals surface area contributed by atoms with Gasteiger partial charge in [-0.05, 0) is 37.3 Å². The molecule has 0 radical (unpaired) electrons. The van der Waals surface area contributed by atoms with Gasteiger partial charge in [0.2, 0.25) is 0 Å². The lowest BCUT2D eigenvalue weighted by atomic mass is 9.76. The minimum Gasteiger partial charge on any atom is -0.358 e. The van der Waals surface area contributed by atoms with Gasteiger partial charge in [-0.25, -0.2) is 4.79 Å². The molecule has 3 heterocycles. The van der Waals surface area contributed by atoms with Crippen molar-refractivity contribution in [3.63, 3.8) is 0 Å². The fourth-order valence-electron chi connectivity index (χ4n) is 4.15. The Morgan fingerprint density at radius 2 is 2.00 bits per heavy atom. The maximum atomic E-state index is 12.2. The van der Waals surface area contributed by atoms with E-state index in [1.807, 2.05) is 4.58 Å². The first-order chi connectivity index (χ1) is 10.7. The molecule has 22 heavy (non-hydrogen) atoms. The second-order valence-electron chi connectivity index (χ2n) is 6.81. The predicted octanol–water partition coefficient (Wildman–Crippen LogP) is 3.46. The van der Waals surface area contributed by atoms with Gasteiger partial charge in [0.25, 0.3) is 0 Å². The van der Waals surface area contributed by atoms with E-state index in [0.29, 0.717) is 12.3 Å². The molecular weight excluding hydrogens is 272 g/mol. The smallest absolute Gasteiger partial charge is 0.358 e. The van der Waals surface area contributed by atoms with Crippen molar-refractivity contribution in [2.45, 2.75) is 45.4 Å². The lowest BCUT2D eigenvalue weighted by molar-refractivity contribution is -0.452. The summed E-state index contributed by atoms with van der Waals surface area (Å²) in [7, 11) is 0. The Labute approximate surface area is 131 Å². The summed E-state index contributed by atoms with van der Waals surface area (Å²) in [5.74, 6) is 0.298. The van der Waals surface area contributed by atoms with E-state index in [9.17, 15) is 4.79 Å². The molecule has 4 rings (SSSR count). The highest BCUT2D eigenvalue weighted by molar-refractivity contribution is 5.85. The van der Waals surface area contributed by atoms with Gasteiger partial charge >= 0.3 is 5.91 Å². The summed E-state index contributed by atoms with van der Waals surface area (Å²) in [4.78, 5) is 15.9. The number of amides is 1. The molecule has 0 fully saturated rings. The summed E-state index contributed by atoms with van der Waals surface area (Å²) in [6.07, 6.45) is 8.25. The molecule has 2 aliphatic rings. The molecule has 2 aliphatic heterocycles. The number of hydrogen-bond donors (Lipinski definition) is 1. The SMILES string of the molecule is CC[C@@]12C=[N+](CCc3c([nH]c4ccccc34)CC1)C(=O)CC2. The number of fused-ring (bicyclic) bond motifs is 4. The average Bonchev–Trinajstić information content (AvgIpc) is 2.92. The molecule has 0 aliphatic carbocycles. The Hall–Kier alpha value is -1.90. The van der Waals surface area contributed by atoms with Gasteiger partial charge < -0.3 is 4.98 Å². The van der Waals surface area contributed by atoms with E-state index in [0.717, 1.165) is 38.6 Å². The number of para-hydroxylation sites is 1. The number of benzene rings is 1. The molecule has 2 bridgehead atoms. The Kier molecular flexibility index (Phi) is 3.17. The van der Waals surface area contributed by atoms with Crippen LogP contribution in [0.25, 0.3) is 10.9 Å². The van der Waals surface area contributed by atoms with Gasteiger partial charge in [0.1, 0.15) is 0 Å². The van der Waals surface area contributed by atoms with Crippen LogP contribution in [0.2, 0.25) is 0 Å². The molecule has 0 spiro atoms. The molecule has 1 N–H and O–H groups in total. The van der Waals surface area contributed by atoms with Gasteiger partial charge in [0, 0.05) is 28.4 Å². The van der Waals surface area contributed by atoms with Crippen molar-refractivity contribution in [1.82, 2.24) is 4.98 Å². The number of aromatic amines is 1. The molecule has 114 valence electrons. The van der Waals surface area contributed by atoms with E-state index >= 15 is 0 Å². The van der Waals surface area contributed by atoms with Crippen LogP contribution in [-0.4, -0.2) is 28.2 Å². The van der Waals surface area contributed by atoms with Crippen LogP contribution in [0.3, 0.4) is 0 Å². The zero-order valence-electron chi connectivity index (χ0n) is 13.2. The van der Waals surface area contributed by atoms with Crippen LogP contribution < -0.4 is 0 Å². The highest BCUT2D eigenvalue weighted by Gasteiger charge is 2.39. The summed E-state index contributed by atoms with van der Waals surface area (Å²) in [5.41, 5.74) is 4.22. The van der Waals surface area contributed by atoms with Crippen LogP contribution in [0, 0.1) is 5.41 Å². The Bertz CT molecular complexity index is 771. The van der Waals surface area contributed by atoms with Gasteiger partial charge in [-0.15, -0.1) is 0 Å². The summed E-state index contributed by atoms with van der Waals surface area (Å²) < 4.78 is 2.00. The number of carbonyl (C=O) groups is 1. The summed E-state index contributed by atoms with van der Waals surface area (Å²) in [6.45, 7) is 3.07. The molecule has 2 aromatic rings. The maximum Gasteiger partial charge on any atom is 0.386 e. The minimum absolute atomic E-state index is 0.201. The van der Waals surface area contributed by atoms with E-state index in [4.69, 9.17) is 0 Å². The molecule has 1 aromatic heterocycles. The molecule has 1 amide bonds. The summed E-state index contributed by atoms with van der Waals surface area (Å²) in [5, 5.41) is 1.33. The van der Waals surface area contributed by atoms with Gasteiger partial charge in [-0.2, -0.15) is 4.58 Å². The average molecular weight is 295 g/mol. The predicted molar refractivity (Wildman–Crippen MR) is 88.5 cm³/mol. The van der Waals surface area contributed by atoms with Crippen molar-refractivity contribution in [3.05, 3.63) is 35.5 Å². The van der Waals surface area contributed by atoms with Crippen LogP contribution in [0.5, 0.6) is 0 Å². The van der Waals surface area contributed by atoms with Crippen LogP contribution in [0.1, 0.15) is 43.9 Å². The van der Waals surface area contributed by atoms with Crippen molar-refractivity contribution in [2.75, 3.05) is 6.54 Å². The topological polar surface area (TPSA) is 35.9 Å². The molecule has 0 saturated carbocycles. The summed E-state index contributed by atoms with van der Waals surface area (Å²) >= 11 is 0. The van der Waals surface area contributed by atoms with Crippen molar-refractivity contribution >= 4 is 23.0 Å². The molecule has 3 heteroatoms. The zero-order chi connectivity index (χ0) is 15.2. The number of H-pyrrole nitrogens is 1. The molecule has 3 nitrogen and oxygen atoms in total. The van der Waals surface area contributed by atoms with Gasteiger partial charge in [0.05, 0.1) is 6.42 Å². The normalized spacial score (nSPS) is 25.1. The van der Waals surface area contributed by atoms with E-state index in [1.54, 1.807) is 0 Å². The van der Waals surface area contributed by atoms with E-state index in [-0.39, 0.29) is 5.41 Å². The highest BCUT2D eigenvalue weighted by Crippen LogP contribution is 2.36. The third-order valence-corrected chi connectivity index (χ3v) is 5.67. The van der Waals surface area contributed by atoms with Gasteiger partial charge in [-0.1, -0.05) is 25.1 Å². The molecule has 0 saturated heterocycles. The number of nitrogens with zero attached hydrogens (tertiary/aromatic N) is 1. The first-order valence-electron chi connectivity index (χ1n) is 8.45. The quantitative estimate of drug-likeness (QED) is 0.804. The maximum absolute atomic E-state index is 12.2. The fraction of sp³-hybridized carbons (Fsp3) is 0.474. The standard InChI is InChI=1S/C19H23N2O/c1-2-19-10-7-17-15(14-5-3-4-6-16(14)20-17)9-12-21(13-19)18(22)8-11-19/h3-6,13,20H,2,7-12H2,1H3/q+1/t19-/m1/s1. The van der Waals surface area contributed by atoms with E-state index < -0.39 is 0 Å². The van der Waals surface area contributed by atoms with E-state index in [1.165, 1.54) is 22.2 Å². The lowest BCUT2D eigenvalue weighted by Crippen LogP contribution is -2.38. The van der Waals surface area contributed by atoms with Crippen LogP contribution in [-0.2, 0) is 17.6 Å². The first kappa shape index (κ1) is 13.7. The molecule has 0 unspecified atom stereocenters. The van der Waals surface area contributed by atoms with E-state index in [2.05, 4.69) is 42.4 Å². The number of hydrogen-bond acceptors (Lipinski definition) is 1. The minimum atomic E-state index is 0.201. The number of rotatable bonds is 1. The Morgan fingerprint density at radius 1 is 1.18 bits per heavy atom. The number of aryl methyl sites for hydroxylation is 1. The second kappa shape index (κ2) is 5.08. The zero-order valence-corrected chi connectivity index (χ0v) is 13.2. The van der Waals surface area contributed by atoms with Crippen molar-refractivity contribution in [1.29, 1.82) is 0 Å². The molecular formula is C19H23N2O+. The fourth-order valence-corrected chi connectivity index (χ4v) is 4.15. The molecule has 1 atom stereocenters. The number of aromatic nitrogens is 1. The van der Waals surface area contributed by atoms with Crippen LogP contribution in [0.15, 0.2) is 24.3 Å². The van der Waals surface area contributed by atoms with Crippen molar-refractivity contribution < 1.29 is 9.37 Å². The third-order valence-electron chi connectivity index (χ3n) is 5.67. The number of carbonyl (C=O) groups excluding carboxylic acids is 1. The monoisotopic (exact) mass is 295 g/mol. The highest BCUT2D eigenvalue weighted by atomic mass is 16.2. The first-order valence-corrected chi connectivity index (χ1v) is 8.45. The third kappa shape index (κ3) is 2.11. The van der Waals surface area contributed by atoms with Crippen LogP contribution in [0.4, 0.5) is 0 Å². The number of nitrogens with one attached hydrogen (secondary N) is 1. The molecule has 1 aromatic carbocycles. The Balaban J connectivity index is 1.81. The second-order valence-corrected chi connectivity index (χ2v) is 6.81. The summed E-state index contributed by atoms with van der Waals surface area (Å²) in [6, 6.07) is 8.54. The largest absolute Gasteiger partial charge is 0.386 e. The Morgan fingerprint density at radius 3 is 2.86 bits per heavy atom. The lowest BCUT2D eigenvalue weighted by Gasteiger charge is -2.28. The van der Waals surface area contributed by atoms with Crippen LogP contribution >= 0.6 is 0 Å².